The molecule has 0 saturated carbocycles. The minimum absolute atomic E-state index is 0.0610. The van der Waals surface area contributed by atoms with Gasteiger partial charge in [-0.25, -0.2) is 0 Å². The van der Waals surface area contributed by atoms with E-state index in [1.165, 1.54) is 67.0 Å². The zero-order valence-electron chi connectivity index (χ0n) is 23.0. The smallest absolute Gasteiger partial charge is 0.0540 e. The Labute approximate surface area is 249 Å². The summed E-state index contributed by atoms with van der Waals surface area (Å²) in [4.78, 5) is 2.41. The first-order chi connectivity index (χ1) is 20.0. The van der Waals surface area contributed by atoms with Crippen LogP contribution in [0.1, 0.15) is 25.0 Å². The van der Waals surface area contributed by atoms with Crippen molar-refractivity contribution < 1.29 is 0 Å². The van der Waals surface area contributed by atoms with Crippen molar-refractivity contribution >= 4 is 33.0 Å². The Bertz CT molecular complexity index is 1990. The number of anilines is 3. The highest BCUT2D eigenvalue weighted by Crippen LogP contribution is 2.53. The highest BCUT2D eigenvalue weighted by molar-refractivity contribution is 9.10. The third-order valence-corrected chi connectivity index (χ3v) is 9.37. The number of hydrogen-bond donors (Lipinski definition) is 0. The molecular formula is C39H28BrN. The predicted molar refractivity (Wildman–Crippen MR) is 176 cm³/mol. The molecule has 0 aromatic heterocycles. The summed E-state index contributed by atoms with van der Waals surface area (Å²) in [7, 11) is 0. The highest BCUT2D eigenvalue weighted by atomic mass is 79.9. The number of halogens is 1. The second-order valence-corrected chi connectivity index (χ2v) is 12.5. The van der Waals surface area contributed by atoms with E-state index in [1.807, 2.05) is 0 Å². The predicted octanol–water partition coefficient (Wildman–Crippen LogP) is 11.5. The Hall–Kier alpha value is -4.40. The van der Waals surface area contributed by atoms with Crippen molar-refractivity contribution in [1.29, 1.82) is 0 Å². The number of nitrogens with zero attached hydrogens (tertiary/aromatic N) is 1. The lowest BCUT2D eigenvalue weighted by Gasteiger charge is -2.27. The minimum atomic E-state index is -0.0610. The molecule has 6 aromatic rings. The average Bonchev–Trinajstić information content (AvgIpc) is 3.15. The Morgan fingerprint density at radius 2 is 1.02 bits per heavy atom. The lowest BCUT2D eigenvalue weighted by molar-refractivity contribution is 0.660. The van der Waals surface area contributed by atoms with E-state index in [1.54, 1.807) is 0 Å². The SMILES string of the molecule is CC1(C)c2cc(Br)ccc2-c2ccc(-c3ccc4c(c3)-c3ccccc3-c3ccccc3N4c3ccccc3)cc21. The summed E-state index contributed by atoms with van der Waals surface area (Å²) in [6.45, 7) is 4.69. The van der Waals surface area contributed by atoms with Crippen LogP contribution in [0.4, 0.5) is 17.1 Å². The average molecular weight is 591 g/mol. The van der Waals surface area contributed by atoms with Crippen molar-refractivity contribution in [3.05, 3.63) is 149 Å². The van der Waals surface area contributed by atoms with Crippen molar-refractivity contribution in [3.8, 4) is 44.5 Å². The van der Waals surface area contributed by atoms with Gasteiger partial charge in [-0.15, -0.1) is 0 Å². The van der Waals surface area contributed by atoms with Crippen LogP contribution in [0.15, 0.2) is 138 Å². The molecule has 1 aliphatic carbocycles. The number of para-hydroxylation sites is 2. The number of fused-ring (bicyclic) bond motifs is 8. The van der Waals surface area contributed by atoms with Crippen LogP contribution in [0.5, 0.6) is 0 Å². The van der Waals surface area contributed by atoms with Crippen LogP contribution < -0.4 is 4.90 Å². The molecule has 6 aromatic carbocycles. The van der Waals surface area contributed by atoms with Crippen LogP contribution in [-0.2, 0) is 5.41 Å². The van der Waals surface area contributed by atoms with Crippen LogP contribution in [0.3, 0.4) is 0 Å². The number of benzene rings is 6. The van der Waals surface area contributed by atoms with Gasteiger partial charge in [0.1, 0.15) is 0 Å². The Morgan fingerprint density at radius 3 is 1.80 bits per heavy atom. The summed E-state index contributed by atoms with van der Waals surface area (Å²) in [5.74, 6) is 0. The van der Waals surface area contributed by atoms with Crippen molar-refractivity contribution in [1.82, 2.24) is 0 Å². The van der Waals surface area contributed by atoms with Crippen molar-refractivity contribution in [2.24, 2.45) is 0 Å². The molecule has 0 unspecified atom stereocenters. The normalized spacial score (nSPS) is 13.9. The minimum Gasteiger partial charge on any atom is -0.309 e. The standard InChI is InChI=1S/C39H28BrN/c1-39(2)35-23-26(16-19-31(35)32-20-18-27(40)24-36(32)39)25-17-21-38-34(22-25)30-13-7-6-12-29(30)33-14-8-9-15-37(33)41(38)28-10-4-3-5-11-28/h3-24H,1-2H3. The maximum absolute atomic E-state index is 3.70. The van der Waals surface area contributed by atoms with Gasteiger partial charge in [-0.1, -0.05) is 115 Å². The Kier molecular flexibility index (Phi) is 5.39. The van der Waals surface area contributed by atoms with Gasteiger partial charge in [-0.05, 0) is 93.0 Å². The van der Waals surface area contributed by atoms with Crippen LogP contribution in [-0.4, -0.2) is 0 Å². The van der Waals surface area contributed by atoms with E-state index in [4.69, 9.17) is 0 Å². The van der Waals surface area contributed by atoms with Gasteiger partial charge < -0.3 is 4.90 Å². The second kappa shape index (κ2) is 9.06. The Balaban J connectivity index is 1.34. The molecule has 1 heterocycles. The van der Waals surface area contributed by atoms with E-state index in [2.05, 4.69) is 168 Å². The van der Waals surface area contributed by atoms with Gasteiger partial charge >= 0.3 is 0 Å². The number of rotatable bonds is 2. The van der Waals surface area contributed by atoms with E-state index in [0.29, 0.717) is 0 Å². The van der Waals surface area contributed by atoms with E-state index < -0.39 is 0 Å². The first-order valence-electron chi connectivity index (χ1n) is 14.1. The summed E-state index contributed by atoms with van der Waals surface area (Å²) in [5, 5.41) is 0. The first-order valence-corrected chi connectivity index (χ1v) is 14.9. The zero-order valence-corrected chi connectivity index (χ0v) is 24.6. The van der Waals surface area contributed by atoms with Crippen LogP contribution >= 0.6 is 15.9 Å². The monoisotopic (exact) mass is 589 g/mol. The van der Waals surface area contributed by atoms with Gasteiger partial charge in [0.15, 0.2) is 0 Å². The summed E-state index contributed by atoms with van der Waals surface area (Å²) in [6.07, 6.45) is 0. The van der Waals surface area contributed by atoms with Crippen LogP contribution in [0.25, 0.3) is 44.5 Å². The summed E-state index contributed by atoms with van der Waals surface area (Å²) in [5.41, 5.74) is 16.4. The molecule has 0 N–H and O–H groups in total. The van der Waals surface area contributed by atoms with Gasteiger partial charge in [0.2, 0.25) is 0 Å². The van der Waals surface area contributed by atoms with Crippen LogP contribution in [0.2, 0.25) is 0 Å². The Morgan fingerprint density at radius 1 is 0.463 bits per heavy atom. The third-order valence-electron chi connectivity index (χ3n) is 8.88. The maximum Gasteiger partial charge on any atom is 0.0540 e. The topological polar surface area (TPSA) is 3.24 Å². The molecule has 0 spiro atoms. The molecule has 0 fully saturated rings. The van der Waals surface area contributed by atoms with E-state index >= 15 is 0 Å². The zero-order chi connectivity index (χ0) is 27.7. The van der Waals surface area contributed by atoms with Crippen molar-refractivity contribution in [2.45, 2.75) is 19.3 Å². The largest absolute Gasteiger partial charge is 0.309 e. The molecule has 0 saturated heterocycles. The lowest BCUT2D eigenvalue weighted by Crippen LogP contribution is -2.15. The molecule has 8 rings (SSSR count). The molecule has 0 atom stereocenters. The van der Waals surface area contributed by atoms with Gasteiger partial charge in [0.05, 0.1) is 11.4 Å². The van der Waals surface area contributed by atoms with Crippen molar-refractivity contribution in [3.63, 3.8) is 0 Å². The lowest BCUT2D eigenvalue weighted by atomic mass is 9.81. The van der Waals surface area contributed by atoms with Gasteiger partial charge in [0.25, 0.3) is 0 Å². The third kappa shape index (κ3) is 3.67. The summed E-state index contributed by atoms with van der Waals surface area (Å²) in [6, 6.07) is 49.0. The second-order valence-electron chi connectivity index (χ2n) is 11.5. The van der Waals surface area contributed by atoms with Gasteiger partial charge in [-0.3, -0.25) is 0 Å². The fourth-order valence-electron chi connectivity index (χ4n) is 6.85. The van der Waals surface area contributed by atoms with E-state index in [0.717, 1.165) is 10.2 Å². The summed E-state index contributed by atoms with van der Waals surface area (Å²) >= 11 is 3.70. The molecule has 0 amide bonds. The molecule has 1 nitrogen and oxygen atoms in total. The fourth-order valence-corrected chi connectivity index (χ4v) is 7.21. The maximum atomic E-state index is 3.70. The van der Waals surface area contributed by atoms with Gasteiger partial charge in [-0.2, -0.15) is 0 Å². The van der Waals surface area contributed by atoms with E-state index in [-0.39, 0.29) is 5.41 Å². The quantitative estimate of drug-likeness (QED) is 0.194. The number of hydrogen-bond acceptors (Lipinski definition) is 1. The molecule has 2 aliphatic rings. The molecule has 0 bridgehead atoms. The first kappa shape index (κ1) is 24.4. The molecule has 2 heteroatoms. The van der Waals surface area contributed by atoms with E-state index in [9.17, 15) is 0 Å². The fraction of sp³-hybridized carbons (Fsp3) is 0.0769. The highest BCUT2D eigenvalue weighted by Gasteiger charge is 2.36. The summed E-state index contributed by atoms with van der Waals surface area (Å²) < 4.78 is 1.13. The molecule has 41 heavy (non-hydrogen) atoms. The molecule has 1 aliphatic heterocycles. The molecular weight excluding hydrogens is 562 g/mol. The van der Waals surface area contributed by atoms with Crippen LogP contribution in [0, 0.1) is 0 Å². The van der Waals surface area contributed by atoms with Crippen molar-refractivity contribution in [2.75, 3.05) is 4.90 Å². The molecule has 196 valence electrons. The molecule has 0 radical (unpaired) electrons. The van der Waals surface area contributed by atoms with Gasteiger partial charge in [0, 0.05) is 26.7 Å².